The summed E-state index contributed by atoms with van der Waals surface area (Å²) in [5.74, 6) is -1.84. The lowest BCUT2D eigenvalue weighted by Crippen LogP contribution is -2.75. The quantitative estimate of drug-likeness (QED) is 0.793. The molecule has 4 rings (SSSR count). The maximum atomic E-state index is 9.80. The Bertz CT molecular complexity index is 611. The van der Waals surface area contributed by atoms with E-state index in [1.54, 1.807) is 0 Å². The van der Waals surface area contributed by atoms with E-state index < -0.39 is 28.6 Å². The van der Waals surface area contributed by atoms with Crippen LogP contribution in [-0.4, -0.2) is 17.8 Å². The molecule has 4 atom stereocenters. The van der Waals surface area contributed by atoms with Crippen LogP contribution < -0.4 is 0 Å². The van der Waals surface area contributed by atoms with Gasteiger partial charge in [-0.2, -0.15) is 15.8 Å². The van der Waals surface area contributed by atoms with Gasteiger partial charge in [0, 0.05) is 6.42 Å². The van der Waals surface area contributed by atoms with Crippen LogP contribution in [0.3, 0.4) is 0 Å². The van der Waals surface area contributed by atoms with Crippen molar-refractivity contribution in [3.63, 3.8) is 0 Å². The molecule has 6 heteroatoms. The molecule has 1 saturated carbocycles. The Morgan fingerprint density at radius 2 is 1.95 bits per heavy atom. The van der Waals surface area contributed by atoms with Crippen LogP contribution in [0.1, 0.15) is 39.0 Å². The molecule has 0 radical (unpaired) electrons. The molecule has 1 spiro atoms. The Hall–Kier alpha value is -2.10. The van der Waals surface area contributed by atoms with Crippen LogP contribution in [0.15, 0.2) is 0 Å². The minimum atomic E-state index is -1.63. The van der Waals surface area contributed by atoms with E-state index in [1.807, 2.05) is 6.92 Å². The van der Waals surface area contributed by atoms with Gasteiger partial charge in [-0.15, -0.1) is 0 Å². The number of rotatable bonds is 1. The number of nitrogens with zero attached hydrogens (tertiary/aromatic N) is 3. The minimum Gasteiger partial charge on any atom is -0.447 e. The highest BCUT2D eigenvalue weighted by molar-refractivity contribution is 5.88. The van der Waals surface area contributed by atoms with Gasteiger partial charge in [0.15, 0.2) is 10.8 Å². The molecule has 3 saturated heterocycles. The van der Waals surface area contributed by atoms with Crippen molar-refractivity contribution in [2.45, 2.75) is 50.9 Å². The minimum absolute atomic E-state index is 0.274. The standard InChI is InChI=1S/C15H16N4O2/c1-2-11-14(9-18)12(19)21-15(20-11)6-4-3-5-10(15)13(14,7-16)8-17/h10-11,19H,2-6H2,1H3/t10-,11+,14-,15-/m1/s1. The van der Waals surface area contributed by atoms with Gasteiger partial charge in [-0.3, -0.25) is 5.41 Å². The summed E-state index contributed by atoms with van der Waals surface area (Å²) >= 11 is 0. The van der Waals surface area contributed by atoms with Crippen LogP contribution in [0.25, 0.3) is 0 Å². The predicted octanol–water partition coefficient (Wildman–Crippen LogP) is 2.23. The molecule has 3 aliphatic heterocycles. The molecule has 1 N–H and O–H groups in total. The van der Waals surface area contributed by atoms with Gasteiger partial charge in [-0.1, -0.05) is 13.3 Å². The van der Waals surface area contributed by atoms with Gasteiger partial charge in [0.25, 0.3) is 0 Å². The van der Waals surface area contributed by atoms with Crippen molar-refractivity contribution >= 4 is 5.90 Å². The fourth-order valence-electron chi connectivity index (χ4n) is 4.34. The summed E-state index contributed by atoms with van der Waals surface area (Å²) in [6.07, 6.45) is 2.70. The van der Waals surface area contributed by atoms with E-state index in [4.69, 9.17) is 14.9 Å². The number of hydrogen-bond acceptors (Lipinski definition) is 6. The molecule has 21 heavy (non-hydrogen) atoms. The monoisotopic (exact) mass is 284 g/mol. The molecular formula is C15H16N4O2. The second-order valence-electron chi connectivity index (χ2n) is 6.01. The molecule has 3 heterocycles. The molecule has 4 fully saturated rings. The first-order chi connectivity index (χ1) is 10.1. The fraction of sp³-hybridized carbons (Fsp3) is 0.733. The second kappa shape index (κ2) is 4.20. The van der Waals surface area contributed by atoms with Crippen molar-refractivity contribution in [1.82, 2.24) is 0 Å². The third-order valence-corrected chi connectivity index (χ3v) is 5.30. The molecule has 0 amide bonds. The smallest absolute Gasteiger partial charge is 0.217 e. The first kappa shape index (κ1) is 13.9. The van der Waals surface area contributed by atoms with Gasteiger partial charge >= 0.3 is 0 Å². The predicted molar refractivity (Wildman–Crippen MR) is 70.4 cm³/mol. The van der Waals surface area contributed by atoms with E-state index in [9.17, 15) is 15.8 Å². The molecular weight excluding hydrogens is 268 g/mol. The topological polar surface area (TPSA) is 114 Å². The highest BCUT2D eigenvalue weighted by Gasteiger charge is 2.79. The molecule has 4 aliphatic rings. The summed E-state index contributed by atoms with van der Waals surface area (Å²) < 4.78 is 11.8. The molecule has 0 unspecified atom stereocenters. The number of fused-ring (bicyclic) bond motifs is 2. The van der Waals surface area contributed by atoms with Gasteiger partial charge in [-0.05, 0) is 19.3 Å². The normalized spacial score (nSPS) is 42.9. The summed E-state index contributed by atoms with van der Waals surface area (Å²) in [7, 11) is 0. The lowest BCUT2D eigenvalue weighted by atomic mass is 9.48. The van der Waals surface area contributed by atoms with Crippen LogP contribution in [-0.2, 0) is 9.47 Å². The third-order valence-electron chi connectivity index (χ3n) is 5.30. The Morgan fingerprint density at radius 1 is 1.24 bits per heavy atom. The average Bonchev–Trinajstić information content (AvgIpc) is 2.52. The summed E-state index contributed by atoms with van der Waals surface area (Å²) in [6, 6.07) is 6.25. The second-order valence-corrected chi connectivity index (χ2v) is 6.01. The first-order valence-electron chi connectivity index (χ1n) is 7.26. The van der Waals surface area contributed by atoms with E-state index in [0.29, 0.717) is 19.3 Å². The molecule has 0 aromatic rings. The fourth-order valence-corrected chi connectivity index (χ4v) is 4.34. The van der Waals surface area contributed by atoms with E-state index in [2.05, 4.69) is 18.2 Å². The highest BCUT2D eigenvalue weighted by atomic mass is 16.7. The van der Waals surface area contributed by atoms with Crippen LogP contribution in [0.4, 0.5) is 0 Å². The number of ether oxygens (including phenoxy) is 2. The van der Waals surface area contributed by atoms with E-state index in [-0.39, 0.29) is 5.90 Å². The molecule has 2 bridgehead atoms. The van der Waals surface area contributed by atoms with E-state index in [0.717, 1.165) is 12.8 Å². The summed E-state index contributed by atoms with van der Waals surface area (Å²) in [5, 5.41) is 37.6. The number of hydrogen-bond donors (Lipinski definition) is 1. The maximum Gasteiger partial charge on any atom is 0.217 e. The Morgan fingerprint density at radius 3 is 2.52 bits per heavy atom. The van der Waals surface area contributed by atoms with Crippen LogP contribution in [0.2, 0.25) is 0 Å². The molecule has 108 valence electrons. The van der Waals surface area contributed by atoms with Crippen molar-refractivity contribution in [3.05, 3.63) is 0 Å². The van der Waals surface area contributed by atoms with Crippen LogP contribution in [0.5, 0.6) is 0 Å². The van der Waals surface area contributed by atoms with Gasteiger partial charge in [0.05, 0.1) is 30.2 Å². The van der Waals surface area contributed by atoms with Crippen molar-refractivity contribution < 1.29 is 9.47 Å². The van der Waals surface area contributed by atoms with Crippen molar-refractivity contribution in [1.29, 1.82) is 21.2 Å². The molecule has 0 aromatic carbocycles. The average molecular weight is 284 g/mol. The lowest BCUT2D eigenvalue weighted by molar-refractivity contribution is -0.357. The van der Waals surface area contributed by atoms with Crippen LogP contribution in [0, 0.1) is 56.2 Å². The zero-order chi connectivity index (χ0) is 15.3. The molecule has 6 nitrogen and oxygen atoms in total. The van der Waals surface area contributed by atoms with Crippen molar-refractivity contribution in [2.24, 2.45) is 16.7 Å². The highest BCUT2D eigenvalue weighted by Crippen LogP contribution is 2.66. The van der Waals surface area contributed by atoms with Crippen molar-refractivity contribution in [2.75, 3.05) is 0 Å². The lowest BCUT2D eigenvalue weighted by Gasteiger charge is -2.63. The zero-order valence-corrected chi connectivity index (χ0v) is 11.8. The maximum absolute atomic E-state index is 9.80. The Balaban J connectivity index is 2.31. The first-order valence-corrected chi connectivity index (χ1v) is 7.26. The third kappa shape index (κ3) is 1.26. The van der Waals surface area contributed by atoms with Gasteiger partial charge < -0.3 is 9.47 Å². The number of nitriles is 3. The number of nitrogens with one attached hydrogen (secondary N) is 1. The zero-order valence-electron chi connectivity index (χ0n) is 11.8. The summed E-state index contributed by atoms with van der Waals surface area (Å²) in [6.45, 7) is 1.84. The van der Waals surface area contributed by atoms with Crippen molar-refractivity contribution in [3.8, 4) is 18.2 Å². The summed E-state index contributed by atoms with van der Waals surface area (Å²) in [4.78, 5) is 0. The van der Waals surface area contributed by atoms with E-state index in [1.165, 1.54) is 0 Å². The Labute approximate surface area is 123 Å². The molecule has 0 aromatic heterocycles. The largest absolute Gasteiger partial charge is 0.447 e. The van der Waals surface area contributed by atoms with Gasteiger partial charge in [0.2, 0.25) is 11.7 Å². The van der Waals surface area contributed by atoms with E-state index >= 15 is 0 Å². The van der Waals surface area contributed by atoms with Gasteiger partial charge in [0.1, 0.15) is 0 Å². The van der Waals surface area contributed by atoms with Crippen LogP contribution >= 0.6 is 0 Å². The summed E-state index contributed by atoms with van der Waals surface area (Å²) in [5.41, 5.74) is -3.20. The SMILES string of the molecule is CC[C@@H]1O[C@@]23CCCC[C@@H]2C(C#N)(C#N)[C@@]1(C#N)C(=N)O3. The molecule has 1 aliphatic carbocycles. The van der Waals surface area contributed by atoms with Gasteiger partial charge in [-0.25, -0.2) is 0 Å². The Kier molecular flexibility index (Phi) is 2.77.